The van der Waals surface area contributed by atoms with Crippen LogP contribution in [0.25, 0.3) is 0 Å². The minimum absolute atomic E-state index is 0.548. The molecule has 0 fully saturated rings. The molecular formula is C17H29NO. The third-order valence-corrected chi connectivity index (χ3v) is 3.39. The third kappa shape index (κ3) is 6.22. The molecule has 0 heterocycles. The Bertz CT molecular complexity index is 349. The van der Waals surface area contributed by atoms with E-state index in [0.717, 1.165) is 32.7 Å². The Morgan fingerprint density at radius 3 is 2.53 bits per heavy atom. The van der Waals surface area contributed by atoms with Gasteiger partial charge in [0.15, 0.2) is 0 Å². The molecule has 19 heavy (non-hydrogen) atoms. The van der Waals surface area contributed by atoms with Crippen molar-refractivity contribution in [3.63, 3.8) is 0 Å². The first-order valence-corrected chi connectivity index (χ1v) is 7.49. The van der Waals surface area contributed by atoms with Gasteiger partial charge < -0.3 is 10.1 Å². The predicted molar refractivity (Wildman–Crippen MR) is 82.7 cm³/mol. The maximum atomic E-state index is 5.52. The quantitative estimate of drug-likeness (QED) is 0.685. The normalized spacial score (nSPS) is 12.9. The summed E-state index contributed by atoms with van der Waals surface area (Å²) in [6.07, 6.45) is 1.09. The van der Waals surface area contributed by atoms with E-state index < -0.39 is 0 Å². The molecule has 1 aromatic carbocycles. The lowest BCUT2D eigenvalue weighted by Gasteiger charge is -2.20. The van der Waals surface area contributed by atoms with Crippen LogP contribution in [0.2, 0.25) is 0 Å². The van der Waals surface area contributed by atoms with Gasteiger partial charge in [-0.2, -0.15) is 0 Å². The molecule has 0 aliphatic rings. The van der Waals surface area contributed by atoms with Crippen LogP contribution in [0.15, 0.2) is 24.3 Å². The van der Waals surface area contributed by atoms with E-state index in [4.69, 9.17) is 4.74 Å². The molecule has 1 N–H and O–H groups in total. The zero-order chi connectivity index (χ0) is 14.1. The maximum absolute atomic E-state index is 5.52. The monoisotopic (exact) mass is 263 g/mol. The van der Waals surface area contributed by atoms with Gasteiger partial charge in [-0.25, -0.2) is 0 Å². The van der Waals surface area contributed by atoms with Crippen molar-refractivity contribution < 1.29 is 4.74 Å². The van der Waals surface area contributed by atoms with Gasteiger partial charge in [-0.1, -0.05) is 38.1 Å². The largest absolute Gasteiger partial charge is 0.382 e. The molecule has 108 valence electrons. The fourth-order valence-corrected chi connectivity index (χ4v) is 2.33. The van der Waals surface area contributed by atoms with E-state index in [-0.39, 0.29) is 0 Å². The van der Waals surface area contributed by atoms with Crippen LogP contribution in [0.5, 0.6) is 0 Å². The number of aryl methyl sites for hydroxylation is 1. The van der Waals surface area contributed by atoms with Crippen LogP contribution in [0.3, 0.4) is 0 Å². The molecule has 1 atom stereocenters. The Kier molecular flexibility index (Phi) is 7.76. The number of ether oxygens (including phenoxy) is 1. The van der Waals surface area contributed by atoms with Gasteiger partial charge >= 0.3 is 0 Å². The van der Waals surface area contributed by atoms with Crippen LogP contribution >= 0.6 is 0 Å². The molecule has 0 aromatic heterocycles. The van der Waals surface area contributed by atoms with Crippen molar-refractivity contribution in [1.29, 1.82) is 0 Å². The summed E-state index contributed by atoms with van der Waals surface area (Å²) in [7, 11) is 0. The zero-order valence-corrected chi connectivity index (χ0v) is 12.9. The minimum Gasteiger partial charge on any atom is -0.382 e. The molecule has 2 heteroatoms. The molecule has 0 saturated heterocycles. The average molecular weight is 263 g/mol. The summed E-state index contributed by atoms with van der Waals surface area (Å²) in [4.78, 5) is 0. The summed E-state index contributed by atoms with van der Waals surface area (Å²) in [5.41, 5.74) is 2.84. The van der Waals surface area contributed by atoms with Gasteiger partial charge in [0.25, 0.3) is 0 Å². The number of hydrogen-bond acceptors (Lipinski definition) is 2. The highest BCUT2D eigenvalue weighted by atomic mass is 16.5. The molecule has 0 aliphatic carbocycles. The smallest absolute Gasteiger partial charge is 0.0472 e. The van der Waals surface area contributed by atoms with E-state index in [2.05, 4.69) is 57.3 Å². The Morgan fingerprint density at radius 2 is 1.89 bits per heavy atom. The molecular weight excluding hydrogens is 234 g/mol. The van der Waals surface area contributed by atoms with E-state index in [1.165, 1.54) is 11.1 Å². The summed E-state index contributed by atoms with van der Waals surface area (Å²) in [5.74, 6) is 1.25. The van der Waals surface area contributed by atoms with Crippen LogP contribution in [-0.2, 0) is 4.74 Å². The molecule has 1 unspecified atom stereocenters. The number of hydrogen-bond donors (Lipinski definition) is 1. The van der Waals surface area contributed by atoms with Crippen LogP contribution in [-0.4, -0.2) is 26.3 Å². The number of nitrogens with one attached hydrogen (secondary N) is 1. The van der Waals surface area contributed by atoms with E-state index in [0.29, 0.717) is 11.8 Å². The molecule has 0 saturated carbocycles. The van der Waals surface area contributed by atoms with Gasteiger partial charge in [-0.15, -0.1) is 0 Å². The summed E-state index contributed by atoms with van der Waals surface area (Å²) in [6.45, 7) is 12.5. The van der Waals surface area contributed by atoms with Gasteiger partial charge in [-0.3, -0.25) is 0 Å². The lowest BCUT2D eigenvalue weighted by atomic mass is 9.92. The third-order valence-electron chi connectivity index (χ3n) is 3.39. The topological polar surface area (TPSA) is 21.3 Å². The lowest BCUT2D eigenvalue weighted by Crippen LogP contribution is -2.26. The molecule has 0 amide bonds. The van der Waals surface area contributed by atoms with Crippen molar-refractivity contribution in [2.24, 2.45) is 5.92 Å². The van der Waals surface area contributed by atoms with Crippen LogP contribution in [0.4, 0.5) is 0 Å². The van der Waals surface area contributed by atoms with Crippen molar-refractivity contribution in [3.05, 3.63) is 35.4 Å². The number of rotatable bonds is 9. The molecule has 2 nitrogen and oxygen atoms in total. The molecule has 1 aromatic rings. The van der Waals surface area contributed by atoms with Crippen LogP contribution in [0.1, 0.15) is 44.2 Å². The summed E-state index contributed by atoms with van der Waals surface area (Å²) < 4.78 is 5.52. The fourth-order valence-electron chi connectivity index (χ4n) is 2.33. The van der Waals surface area contributed by atoms with Crippen LogP contribution in [0, 0.1) is 12.8 Å². The van der Waals surface area contributed by atoms with Crippen molar-refractivity contribution in [2.45, 2.75) is 40.0 Å². The molecule has 1 rings (SSSR count). The molecule has 0 aliphatic heterocycles. The van der Waals surface area contributed by atoms with E-state index >= 15 is 0 Å². The van der Waals surface area contributed by atoms with Crippen molar-refractivity contribution in [1.82, 2.24) is 5.32 Å². The van der Waals surface area contributed by atoms with Gasteiger partial charge in [0, 0.05) is 19.8 Å². The minimum atomic E-state index is 0.548. The Labute approximate surface area is 118 Å². The standard InChI is InChI=1S/C17H29NO/c1-5-19-11-10-16(13-18-12-14(2)3)17-9-7-6-8-15(17)4/h6-9,14,16,18H,5,10-13H2,1-4H3. The SMILES string of the molecule is CCOCCC(CNCC(C)C)c1ccccc1C. The Balaban J connectivity index is 2.60. The first-order chi connectivity index (χ1) is 9.15. The molecule has 0 bridgehead atoms. The summed E-state index contributed by atoms with van der Waals surface area (Å²) in [6, 6.07) is 8.70. The predicted octanol–water partition coefficient (Wildman–Crippen LogP) is 3.75. The summed E-state index contributed by atoms with van der Waals surface area (Å²) >= 11 is 0. The average Bonchev–Trinajstić information content (AvgIpc) is 2.37. The van der Waals surface area contributed by atoms with Gasteiger partial charge in [0.05, 0.1) is 0 Å². The maximum Gasteiger partial charge on any atom is 0.0472 e. The van der Waals surface area contributed by atoms with Gasteiger partial charge in [0.2, 0.25) is 0 Å². The van der Waals surface area contributed by atoms with E-state index in [1.807, 2.05) is 0 Å². The fraction of sp³-hybridized carbons (Fsp3) is 0.647. The van der Waals surface area contributed by atoms with Crippen LogP contribution < -0.4 is 5.32 Å². The van der Waals surface area contributed by atoms with Gasteiger partial charge in [-0.05, 0) is 49.8 Å². The van der Waals surface area contributed by atoms with E-state index in [1.54, 1.807) is 0 Å². The second kappa shape index (κ2) is 9.11. The van der Waals surface area contributed by atoms with E-state index in [9.17, 15) is 0 Å². The zero-order valence-electron chi connectivity index (χ0n) is 12.9. The summed E-state index contributed by atoms with van der Waals surface area (Å²) in [5, 5.41) is 3.58. The Hall–Kier alpha value is -0.860. The molecule has 0 spiro atoms. The second-order valence-electron chi connectivity index (χ2n) is 5.59. The van der Waals surface area contributed by atoms with Gasteiger partial charge in [0.1, 0.15) is 0 Å². The lowest BCUT2D eigenvalue weighted by molar-refractivity contribution is 0.139. The highest BCUT2D eigenvalue weighted by molar-refractivity contribution is 5.29. The highest BCUT2D eigenvalue weighted by Crippen LogP contribution is 2.22. The molecule has 0 radical (unpaired) electrons. The number of benzene rings is 1. The second-order valence-corrected chi connectivity index (χ2v) is 5.59. The first-order valence-electron chi connectivity index (χ1n) is 7.49. The Morgan fingerprint density at radius 1 is 1.16 bits per heavy atom. The van der Waals surface area contributed by atoms with Crippen molar-refractivity contribution >= 4 is 0 Å². The van der Waals surface area contributed by atoms with Crippen molar-refractivity contribution in [2.75, 3.05) is 26.3 Å². The highest BCUT2D eigenvalue weighted by Gasteiger charge is 2.13. The first kappa shape index (κ1) is 16.2. The van der Waals surface area contributed by atoms with Crippen molar-refractivity contribution in [3.8, 4) is 0 Å².